The normalized spacial score (nSPS) is 13.7. The first-order valence-electron chi connectivity index (χ1n) is 14.5. The lowest BCUT2D eigenvalue weighted by Gasteiger charge is -2.25. The summed E-state index contributed by atoms with van der Waals surface area (Å²) in [5.41, 5.74) is 10.6. The summed E-state index contributed by atoms with van der Waals surface area (Å²) >= 11 is 1.91. The van der Waals surface area contributed by atoms with Crippen LogP contribution < -0.4 is 4.90 Å². The van der Waals surface area contributed by atoms with E-state index < -0.39 is 0 Å². The second kappa shape index (κ2) is 8.58. The molecule has 0 saturated carbocycles. The Morgan fingerprint density at radius 1 is 0.571 bits per heavy atom. The molecule has 2 nitrogen and oxygen atoms in total. The summed E-state index contributed by atoms with van der Waals surface area (Å²) in [5, 5.41) is 4.97. The number of para-hydroxylation sites is 3. The molecule has 1 aliphatic rings. The van der Waals surface area contributed by atoms with E-state index in [9.17, 15) is 0 Å². The van der Waals surface area contributed by atoms with E-state index in [0.717, 1.165) is 33.6 Å². The Kier molecular flexibility index (Phi) is 4.86. The molecule has 0 N–H and O–H groups in total. The molecule has 8 aromatic rings. The maximum absolute atomic E-state index is 6.76. The summed E-state index contributed by atoms with van der Waals surface area (Å²) in [6.45, 7) is 4.71. The number of benzene rings is 6. The summed E-state index contributed by atoms with van der Waals surface area (Å²) in [6.07, 6.45) is 0. The predicted molar refractivity (Wildman–Crippen MR) is 179 cm³/mol. The molecular formula is C39H27NOS. The van der Waals surface area contributed by atoms with E-state index in [-0.39, 0.29) is 5.41 Å². The number of anilines is 3. The smallest absolute Gasteiger partial charge is 0.159 e. The minimum Gasteiger partial charge on any atom is -0.454 e. The summed E-state index contributed by atoms with van der Waals surface area (Å²) in [4.78, 5) is 2.29. The molecule has 0 fully saturated rings. The lowest BCUT2D eigenvalue weighted by molar-refractivity contribution is 0.661. The molecule has 200 valence electrons. The van der Waals surface area contributed by atoms with Gasteiger partial charge in [0.15, 0.2) is 5.58 Å². The zero-order valence-electron chi connectivity index (χ0n) is 23.4. The van der Waals surface area contributed by atoms with Crippen molar-refractivity contribution in [2.45, 2.75) is 19.3 Å². The lowest BCUT2D eigenvalue weighted by atomic mass is 9.82. The fourth-order valence-corrected chi connectivity index (χ4v) is 8.52. The van der Waals surface area contributed by atoms with Gasteiger partial charge in [-0.15, -0.1) is 11.3 Å². The van der Waals surface area contributed by atoms with Crippen molar-refractivity contribution in [3.8, 4) is 11.1 Å². The van der Waals surface area contributed by atoms with Gasteiger partial charge in [-0.05, 0) is 59.2 Å². The summed E-state index contributed by atoms with van der Waals surface area (Å²) in [6, 6.07) is 45.6. The summed E-state index contributed by atoms with van der Waals surface area (Å²) < 4.78 is 9.42. The van der Waals surface area contributed by atoms with Gasteiger partial charge in [-0.2, -0.15) is 0 Å². The molecule has 0 amide bonds. The third kappa shape index (κ3) is 3.14. The quantitative estimate of drug-likeness (QED) is 0.215. The van der Waals surface area contributed by atoms with Crippen molar-refractivity contribution in [3.63, 3.8) is 0 Å². The van der Waals surface area contributed by atoms with Crippen molar-refractivity contribution in [1.82, 2.24) is 0 Å². The van der Waals surface area contributed by atoms with Gasteiger partial charge in [0.05, 0.1) is 5.69 Å². The van der Waals surface area contributed by atoms with Gasteiger partial charge in [0, 0.05) is 53.3 Å². The highest BCUT2D eigenvalue weighted by molar-refractivity contribution is 7.27. The topological polar surface area (TPSA) is 16.4 Å². The van der Waals surface area contributed by atoms with Crippen LogP contribution in [-0.2, 0) is 5.41 Å². The maximum Gasteiger partial charge on any atom is 0.159 e. The Labute approximate surface area is 248 Å². The van der Waals surface area contributed by atoms with E-state index in [1.165, 1.54) is 47.8 Å². The first-order valence-corrected chi connectivity index (χ1v) is 15.3. The number of hydrogen-bond acceptors (Lipinski definition) is 3. The van der Waals surface area contributed by atoms with Crippen molar-refractivity contribution in [2.24, 2.45) is 0 Å². The van der Waals surface area contributed by atoms with Gasteiger partial charge in [0.1, 0.15) is 5.58 Å². The third-order valence-corrected chi connectivity index (χ3v) is 10.3. The first-order chi connectivity index (χ1) is 20.6. The van der Waals surface area contributed by atoms with E-state index in [4.69, 9.17) is 4.42 Å². The van der Waals surface area contributed by atoms with Crippen LogP contribution in [0.5, 0.6) is 0 Å². The average Bonchev–Trinajstić information content (AvgIpc) is 3.67. The SMILES string of the molecule is CC1(C)c2ccccc2-c2c1ccc1c2sc2c1ccc1oc3c(N(c4ccccc4)c4ccccc4)cccc3c12. The fraction of sp³-hybridized carbons (Fsp3) is 0.0769. The second-order valence-electron chi connectivity index (χ2n) is 11.7. The molecule has 0 unspecified atom stereocenters. The molecule has 2 aromatic heterocycles. The van der Waals surface area contributed by atoms with Gasteiger partial charge in [0.25, 0.3) is 0 Å². The molecule has 9 rings (SSSR count). The summed E-state index contributed by atoms with van der Waals surface area (Å²) in [7, 11) is 0. The van der Waals surface area contributed by atoms with E-state index >= 15 is 0 Å². The number of fused-ring (bicyclic) bond motifs is 11. The molecule has 42 heavy (non-hydrogen) atoms. The van der Waals surface area contributed by atoms with Crippen LogP contribution in [0.3, 0.4) is 0 Å². The van der Waals surface area contributed by atoms with Gasteiger partial charge in [-0.3, -0.25) is 0 Å². The van der Waals surface area contributed by atoms with Crippen LogP contribution in [-0.4, -0.2) is 0 Å². The fourth-order valence-electron chi connectivity index (χ4n) is 7.10. The monoisotopic (exact) mass is 557 g/mol. The van der Waals surface area contributed by atoms with Crippen molar-refractivity contribution >= 4 is 70.5 Å². The van der Waals surface area contributed by atoms with Crippen LogP contribution in [0.15, 0.2) is 132 Å². The molecule has 0 spiro atoms. The molecule has 0 saturated heterocycles. The zero-order chi connectivity index (χ0) is 28.0. The Morgan fingerprint density at radius 3 is 2.00 bits per heavy atom. The Morgan fingerprint density at radius 2 is 1.24 bits per heavy atom. The number of thiophene rings is 1. The molecule has 0 atom stereocenters. The molecule has 6 aromatic carbocycles. The second-order valence-corrected chi connectivity index (χ2v) is 12.7. The van der Waals surface area contributed by atoms with Crippen molar-refractivity contribution in [2.75, 3.05) is 4.90 Å². The highest BCUT2D eigenvalue weighted by atomic mass is 32.1. The standard InChI is InChI=1S/C39H27NOS/c1-39(2)30-18-10-9-16-28(30)34-31(39)22-20-26-27-21-23-33-35(38(27)42-37(26)34)29-17-11-19-32(36(29)41-33)40(24-12-5-3-6-13-24)25-14-7-4-8-15-25/h3-23H,1-2H3. The van der Waals surface area contributed by atoms with Crippen LogP contribution in [0.4, 0.5) is 17.1 Å². The van der Waals surface area contributed by atoms with Crippen molar-refractivity contribution < 1.29 is 4.42 Å². The molecule has 2 heterocycles. The zero-order valence-corrected chi connectivity index (χ0v) is 24.2. The number of nitrogens with zero attached hydrogens (tertiary/aromatic N) is 1. The van der Waals surface area contributed by atoms with Gasteiger partial charge >= 0.3 is 0 Å². The minimum atomic E-state index is -0.0127. The van der Waals surface area contributed by atoms with Crippen LogP contribution in [0.1, 0.15) is 25.0 Å². The molecule has 1 aliphatic carbocycles. The van der Waals surface area contributed by atoms with Gasteiger partial charge in [-0.1, -0.05) is 98.8 Å². The van der Waals surface area contributed by atoms with E-state index in [1.807, 2.05) is 11.3 Å². The highest BCUT2D eigenvalue weighted by Gasteiger charge is 2.36. The first kappa shape index (κ1) is 23.8. The Balaban J connectivity index is 1.35. The van der Waals surface area contributed by atoms with Crippen LogP contribution in [0.25, 0.3) is 53.2 Å². The Hall–Kier alpha value is -4.86. The molecule has 0 bridgehead atoms. The molecular weight excluding hydrogens is 531 g/mol. The molecule has 0 radical (unpaired) electrons. The minimum absolute atomic E-state index is 0.0127. The number of hydrogen-bond donors (Lipinski definition) is 0. The number of rotatable bonds is 3. The van der Waals surface area contributed by atoms with Crippen molar-refractivity contribution in [3.05, 3.63) is 139 Å². The molecule has 3 heteroatoms. The summed E-state index contributed by atoms with van der Waals surface area (Å²) in [5.74, 6) is 0. The van der Waals surface area contributed by atoms with Crippen molar-refractivity contribution in [1.29, 1.82) is 0 Å². The molecule has 0 aliphatic heterocycles. The van der Waals surface area contributed by atoms with E-state index in [0.29, 0.717) is 0 Å². The maximum atomic E-state index is 6.76. The number of furan rings is 1. The van der Waals surface area contributed by atoms with E-state index in [1.54, 1.807) is 0 Å². The van der Waals surface area contributed by atoms with E-state index in [2.05, 4.69) is 146 Å². The lowest BCUT2D eigenvalue weighted by Crippen LogP contribution is -2.14. The Bertz CT molecular complexity index is 2290. The van der Waals surface area contributed by atoms with Crippen LogP contribution in [0.2, 0.25) is 0 Å². The largest absolute Gasteiger partial charge is 0.454 e. The van der Waals surface area contributed by atoms with Gasteiger partial charge < -0.3 is 9.32 Å². The highest BCUT2D eigenvalue weighted by Crippen LogP contribution is 2.55. The van der Waals surface area contributed by atoms with Crippen LogP contribution >= 0.6 is 11.3 Å². The van der Waals surface area contributed by atoms with Gasteiger partial charge in [-0.25, -0.2) is 0 Å². The predicted octanol–water partition coefficient (Wildman–Crippen LogP) is 11.7. The van der Waals surface area contributed by atoms with Gasteiger partial charge in [0.2, 0.25) is 0 Å². The average molecular weight is 558 g/mol. The van der Waals surface area contributed by atoms with Crippen LogP contribution in [0, 0.1) is 0 Å². The third-order valence-electron chi connectivity index (χ3n) is 9.06.